The van der Waals surface area contributed by atoms with Crippen molar-refractivity contribution in [2.75, 3.05) is 31.1 Å². The smallest absolute Gasteiger partial charge is 0.495 e. The van der Waals surface area contributed by atoms with Crippen LogP contribution < -0.4 is 10.2 Å². The Hall–Kier alpha value is -1.29. The van der Waals surface area contributed by atoms with Gasteiger partial charge in [0.25, 0.3) is 0 Å². The summed E-state index contributed by atoms with van der Waals surface area (Å²) in [5.41, 5.74) is -0.198. The molecule has 1 saturated heterocycles. The number of aromatic hydroxyl groups is 1. The van der Waals surface area contributed by atoms with Crippen LogP contribution in [-0.4, -0.2) is 63.1 Å². The Morgan fingerprint density at radius 2 is 1.68 bits per heavy atom. The van der Waals surface area contributed by atoms with Crippen molar-refractivity contribution in [2.24, 2.45) is 0 Å². The second kappa shape index (κ2) is 6.79. The first-order valence-electron chi connectivity index (χ1n) is 8.16. The van der Waals surface area contributed by atoms with Crippen LogP contribution in [-0.2, 0) is 19.3 Å². The highest BCUT2D eigenvalue weighted by molar-refractivity contribution is 7.92. The summed E-state index contributed by atoms with van der Waals surface area (Å²) in [4.78, 5) is 1.79. The highest BCUT2D eigenvalue weighted by atomic mass is 32.2. The molecule has 0 spiro atoms. The second-order valence-electron chi connectivity index (χ2n) is 7.63. The van der Waals surface area contributed by atoms with Gasteiger partial charge in [-0.2, -0.15) is 0 Å². The van der Waals surface area contributed by atoms with Crippen LogP contribution in [0.5, 0.6) is 5.75 Å². The number of hydrogen-bond acceptors (Lipinski definition) is 6. The molecule has 0 saturated carbocycles. The van der Waals surface area contributed by atoms with Crippen molar-refractivity contribution >= 4 is 28.3 Å². The third kappa shape index (κ3) is 4.87. The third-order valence-corrected chi connectivity index (χ3v) is 5.81. The summed E-state index contributed by atoms with van der Waals surface area (Å²) < 4.78 is 38.7. The van der Waals surface area contributed by atoms with Crippen LogP contribution in [0.2, 0.25) is 0 Å². The van der Waals surface area contributed by atoms with E-state index in [1.54, 1.807) is 25.1 Å². The molecule has 2 rings (SSSR count). The molecule has 1 aromatic carbocycles. The molecule has 0 bridgehead atoms. The highest BCUT2D eigenvalue weighted by Crippen LogP contribution is 2.36. The quantitative estimate of drug-likeness (QED) is 0.727. The van der Waals surface area contributed by atoms with Gasteiger partial charge in [0.15, 0.2) is 0 Å². The van der Waals surface area contributed by atoms with Gasteiger partial charge in [0.1, 0.15) is 5.75 Å². The second-order valence-corrected chi connectivity index (χ2v) is 9.47. The molecule has 1 aliphatic rings. The largest absolute Gasteiger partial charge is 0.508 e. The zero-order valence-electron chi connectivity index (χ0n) is 15.7. The van der Waals surface area contributed by atoms with E-state index in [0.717, 1.165) is 0 Å². The van der Waals surface area contributed by atoms with E-state index in [0.29, 0.717) is 12.0 Å². The Morgan fingerprint density at radius 3 is 2.20 bits per heavy atom. The molecule has 1 aromatic rings. The van der Waals surface area contributed by atoms with Crippen LogP contribution in [0.1, 0.15) is 27.7 Å². The van der Waals surface area contributed by atoms with Crippen LogP contribution >= 0.6 is 0 Å². The lowest BCUT2D eigenvalue weighted by Crippen LogP contribution is -2.41. The third-order valence-electron chi connectivity index (χ3n) is 4.55. The maximum absolute atomic E-state index is 12.2. The summed E-state index contributed by atoms with van der Waals surface area (Å²) in [7, 11) is -0.584. The summed E-state index contributed by atoms with van der Waals surface area (Å²) in [5.74, 6) is -0.0980. The van der Waals surface area contributed by atoms with Gasteiger partial charge in [-0.25, -0.2) is 8.42 Å². The molecule has 0 aliphatic carbocycles. The number of anilines is 1. The first-order valence-corrected chi connectivity index (χ1v) is 9.81. The van der Waals surface area contributed by atoms with E-state index >= 15 is 0 Å². The van der Waals surface area contributed by atoms with E-state index < -0.39 is 28.3 Å². The van der Waals surface area contributed by atoms with Crippen LogP contribution in [0, 0.1) is 0 Å². The Labute approximate surface area is 150 Å². The van der Waals surface area contributed by atoms with Crippen molar-refractivity contribution < 1.29 is 22.8 Å². The Balaban J connectivity index is 2.22. The van der Waals surface area contributed by atoms with Crippen LogP contribution in [0.15, 0.2) is 18.2 Å². The van der Waals surface area contributed by atoms with E-state index in [4.69, 9.17) is 9.31 Å². The predicted octanol–water partition coefficient (Wildman–Crippen LogP) is 0.995. The SMILES string of the molecule is CN(C)CCS(=O)(=O)Nc1cc(O)cc(B2OC(C)(C)C(C)(C)O2)c1. The molecule has 1 fully saturated rings. The molecule has 9 heteroatoms. The summed E-state index contributed by atoms with van der Waals surface area (Å²) in [6.45, 7) is 8.13. The molecule has 7 nitrogen and oxygen atoms in total. The molecule has 140 valence electrons. The topological polar surface area (TPSA) is 88.1 Å². The number of rotatable bonds is 6. The normalized spacial score (nSPS) is 19.4. The van der Waals surface area contributed by atoms with Crippen molar-refractivity contribution in [3.63, 3.8) is 0 Å². The highest BCUT2D eigenvalue weighted by Gasteiger charge is 2.51. The molecule has 0 unspecified atom stereocenters. The first-order chi connectivity index (χ1) is 11.3. The Bertz CT molecular complexity index is 718. The van der Waals surface area contributed by atoms with Crippen molar-refractivity contribution in [3.8, 4) is 5.75 Å². The van der Waals surface area contributed by atoms with Gasteiger partial charge in [0, 0.05) is 12.6 Å². The summed E-state index contributed by atoms with van der Waals surface area (Å²) in [6, 6.07) is 4.50. The van der Waals surface area contributed by atoms with Gasteiger partial charge >= 0.3 is 7.12 Å². The summed E-state index contributed by atoms with van der Waals surface area (Å²) >= 11 is 0. The standard InChI is InChI=1S/C16H27BN2O5S/c1-15(2)16(3,4)24-17(23-15)12-9-13(11-14(20)10-12)18-25(21,22)8-7-19(5)6/h9-11,18,20H,7-8H2,1-6H3. The molecule has 1 heterocycles. The molecule has 0 radical (unpaired) electrons. The predicted molar refractivity (Wildman–Crippen MR) is 99.8 cm³/mol. The monoisotopic (exact) mass is 370 g/mol. The van der Waals surface area contributed by atoms with Crippen molar-refractivity contribution in [3.05, 3.63) is 18.2 Å². The van der Waals surface area contributed by atoms with Crippen LogP contribution in [0.25, 0.3) is 0 Å². The number of benzene rings is 1. The van der Waals surface area contributed by atoms with E-state index in [-0.39, 0.29) is 17.2 Å². The number of sulfonamides is 1. The molecule has 0 amide bonds. The number of nitrogens with one attached hydrogen (secondary N) is 1. The minimum atomic E-state index is -3.52. The minimum absolute atomic E-state index is 0.0402. The summed E-state index contributed by atoms with van der Waals surface area (Å²) in [6.07, 6.45) is 0. The number of phenols is 1. The van der Waals surface area contributed by atoms with Crippen LogP contribution in [0.3, 0.4) is 0 Å². The molecule has 1 aliphatic heterocycles. The van der Waals surface area contributed by atoms with Crippen LogP contribution in [0.4, 0.5) is 5.69 Å². The lowest BCUT2D eigenvalue weighted by Gasteiger charge is -2.32. The maximum atomic E-state index is 12.2. The van der Waals surface area contributed by atoms with E-state index in [1.165, 1.54) is 12.1 Å². The van der Waals surface area contributed by atoms with Crippen molar-refractivity contribution in [1.82, 2.24) is 4.90 Å². The lowest BCUT2D eigenvalue weighted by atomic mass is 9.79. The number of phenolic OH excluding ortho intramolecular Hbond substituents is 1. The first kappa shape index (κ1) is 20.0. The fraction of sp³-hybridized carbons (Fsp3) is 0.625. The van der Waals surface area contributed by atoms with Gasteiger partial charge in [-0.05, 0) is 59.4 Å². The van der Waals surface area contributed by atoms with Gasteiger partial charge < -0.3 is 19.3 Å². The molecule has 0 atom stereocenters. The van der Waals surface area contributed by atoms with E-state index in [1.807, 2.05) is 27.7 Å². The van der Waals surface area contributed by atoms with Crippen molar-refractivity contribution in [1.29, 1.82) is 0 Å². The zero-order valence-corrected chi connectivity index (χ0v) is 16.5. The Kier molecular flexibility index (Phi) is 5.44. The zero-order chi connectivity index (χ0) is 19.0. The fourth-order valence-electron chi connectivity index (χ4n) is 2.34. The lowest BCUT2D eigenvalue weighted by molar-refractivity contribution is 0.00578. The summed E-state index contributed by atoms with van der Waals surface area (Å²) in [5, 5.41) is 9.98. The average molecular weight is 370 g/mol. The fourth-order valence-corrected chi connectivity index (χ4v) is 3.53. The van der Waals surface area contributed by atoms with Gasteiger partial charge in [0.05, 0.1) is 22.6 Å². The van der Waals surface area contributed by atoms with Gasteiger partial charge in [-0.1, -0.05) is 0 Å². The average Bonchev–Trinajstić information content (AvgIpc) is 2.64. The molecular formula is C16H27BN2O5S. The minimum Gasteiger partial charge on any atom is -0.508 e. The maximum Gasteiger partial charge on any atom is 0.495 e. The number of nitrogens with zero attached hydrogens (tertiary/aromatic N) is 1. The number of hydrogen-bond donors (Lipinski definition) is 2. The van der Waals surface area contributed by atoms with Gasteiger partial charge in [-0.3, -0.25) is 4.72 Å². The molecular weight excluding hydrogens is 343 g/mol. The van der Waals surface area contributed by atoms with E-state index in [9.17, 15) is 13.5 Å². The van der Waals surface area contributed by atoms with E-state index in [2.05, 4.69) is 4.72 Å². The molecule has 2 N–H and O–H groups in total. The van der Waals surface area contributed by atoms with Crippen molar-refractivity contribution in [2.45, 2.75) is 38.9 Å². The molecule has 25 heavy (non-hydrogen) atoms. The Morgan fingerprint density at radius 1 is 1.12 bits per heavy atom. The molecule has 0 aromatic heterocycles. The van der Waals surface area contributed by atoms with Gasteiger partial charge in [-0.15, -0.1) is 0 Å². The van der Waals surface area contributed by atoms with Gasteiger partial charge in [0.2, 0.25) is 10.0 Å².